The number of aryl methyl sites for hydroxylation is 1. The fraction of sp³-hybridized carbons (Fsp3) is 0.333. The lowest BCUT2D eigenvalue weighted by atomic mass is 9.85. The number of nitrogens with zero attached hydrogens (tertiary/aromatic N) is 2. The van der Waals surface area contributed by atoms with Crippen LogP contribution in [0.4, 0.5) is 5.69 Å². The summed E-state index contributed by atoms with van der Waals surface area (Å²) in [6.45, 7) is 2.04. The van der Waals surface area contributed by atoms with Crippen LogP contribution in [0.15, 0.2) is 50.3 Å². The Morgan fingerprint density at radius 3 is 2.50 bits per heavy atom. The van der Waals surface area contributed by atoms with Gasteiger partial charge >= 0.3 is 0 Å². The quantitative estimate of drug-likeness (QED) is 0.702. The van der Waals surface area contributed by atoms with Gasteiger partial charge in [0.25, 0.3) is 15.9 Å². The molecule has 0 unspecified atom stereocenters. The lowest BCUT2D eigenvalue weighted by molar-refractivity contribution is 0.334. The molecule has 0 spiro atoms. The lowest BCUT2D eigenvalue weighted by Crippen LogP contribution is -2.12. The van der Waals surface area contributed by atoms with Gasteiger partial charge in [0.05, 0.1) is 0 Å². The number of hydrogen-bond donors (Lipinski definition) is 1. The van der Waals surface area contributed by atoms with E-state index < -0.39 is 10.0 Å². The smallest absolute Gasteiger partial charge is 0.295 e. The van der Waals surface area contributed by atoms with E-state index in [1.54, 1.807) is 12.1 Å². The van der Waals surface area contributed by atoms with E-state index in [1.807, 2.05) is 19.1 Å². The molecule has 2 aromatic heterocycles. The molecule has 0 amide bonds. The maximum Gasteiger partial charge on any atom is 0.295 e. The molecule has 1 N–H and O–H groups in total. The summed E-state index contributed by atoms with van der Waals surface area (Å²) in [6.07, 6.45) is 4.14. The van der Waals surface area contributed by atoms with Crippen molar-refractivity contribution in [2.45, 2.75) is 43.6 Å². The number of aromatic nitrogens is 2. The van der Waals surface area contributed by atoms with Gasteiger partial charge in [-0.1, -0.05) is 25.5 Å². The minimum Gasteiger partial charge on any atom is -0.438 e. The first-order chi connectivity index (χ1) is 12.5. The third-order valence-electron chi connectivity index (χ3n) is 4.57. The molecule has 0 aliphatic heterocycles. The SMILES string of the molecule is CCc1ccc(NS(=O)(=O)c2ccc(-c3nnc(C4CCC4)o3)o2)cc1. The summed E-state index contributed by atoms with van der Waals surface area (Å²) in [5.41, 5.74) is 1.61. The van der Waals surface area contributed by atoms with E-state index in [9.17, 15) is 8.42 Å². The maximum absolute atomic E-state index is 12.5. The zero-order valence-corrected chi connectivity index (χ0v) is 15.1. The molecule has 8 heteroatoms. The normalized spacial score (nSPS) is 15.0. The van der Waals surface area contributed by atoms with Crippen molar-refractivity contribution in [3.63, 3.8) is 0 Å². The molecule has 0 radical (unpaired) electrons. The van der Waals surface area contributed by atoms with Gasteiger partial charge in [-0.05, 0) is 49.1 Å². The van der Waals surface area contributed by atoms with Crippen LogP contribution in [0, 0.1) is 0 Å². The number of sulfonamides is 1. The molecule has 26 heavy (non-hydrogen) atoms. The molecule has 1 aliphatic rings. The first-order valence-electron chi connectivity index (χ1n) is 8.60. The molecule has 1 aromatic carbocycles. The largest absolute Gasteiger partial charge is 0.438 e. The Morgan fingerprint density at radius 2 is 1.85 bits per heavy atom. The summed E-state index contributed by atoms with van der Waals surface area (Å²) in [6, 6.07) is 10.1. The topological polar surface area (TPSA) is 98.2 Å². The number of anilines is 1. The van der Waals surface area contributed by atoms with Crippen molar-refractivity contribution in [2.75, 3.05) is 4.72 Å². The molecule has 1 aliphatic carbocycles. The van der Waals surface area contributed by atoms with E-state index in [2.05, 4.69) is 14.9 Å². The number of hydrogen-bond acceptors (Lipinski definition) is 6. The van der Waals surface area contributed by atoms with Gasteiger partial charge in [0, 0.05) is 11.6 Å². The van der Waals surface area contributed by atoms with Crippen LogP contribution in [-0.2, 0) is 16.4 Å². The van der Waals surface area contributed by atoms with Crippen molar-refractivity contribution in [3.05, 3.63) is 47.9 Å². The van der Waals surface area contributed by atoms with Gasteiger partial charge in [0.15, 0.2) is 5.76 Å². The summed E-state index contributed by atoms with van der Waals surface area (Å²) in [4.78, 5) is 0. The van der Waals surface area contributed by atoms with Gasteiger partial charge in [-0.2, -0.15) is 8.42 Å². The molecular formula is C18H19N3O4S. The average Bonchev–Trinajstić information content (AvgIpc) is 3.23. The van der Waals surface area contributed by atoms with Crippen molar-refractivity contribution < 1.29 is 17.3 Å². The van der Waals surface area contributed by atoms with E-state index in [1.165, 1.54) is 12.1 Å². The third kappa shape index (κ3) is 3.24. The minimum absolute atomic E-state index is 0.195. The van der Waals surface area contributed by atoms with Crippen LogP contribution in [0.25, 0.3) is 11.7 Å². The van der Waals surface area contributed by atoms with Crippen LogP contribution in [0.1, 0.15) is 43.6 Å². The summed E-state index contributed by atoms with van der Waals surface area (Å²) in [5.74, 6) is 1.33. The van der Waals surface area contributed by atoms with Crippen LogP contribution in [0.5, 0.6) is 0 Å². The maximum atomic E-state index is 12.5. The highest BCUT2D eigenvalue weighted by Gasteiger charge is 2.27. The van der Waals surface area contributed by atoms with Gasteiger partial charge < -0.3 is 8.83 Å². The van der Waals surface area contributed by atoms with Crippen LogP contribution in [0.2, 0.25) is 0 Å². The molecule has 0 bridgehead atoms. The van der Waals surface area contributed by atoms with E-state index in [0.29, 0.717) is 17.5 Å². The molecule has 7 nitrogen and oxygen atoms in total. The Kier molecular flexibility index (Phi) is 4.28. The monoisotopic (exact) mass is 373 g/mol. The van der Waals surface area contributed by atoms with Crippen molar-refractivity contribution in [1.82, 2.24) is 10.2 Å². The van der Waals surface area contributed by atoms with Crippen molar-refractivity contribution in [2.24, 2.45) is 0 Å². The number of nitrogens with one attached hydrogen (secondary N) is 1. The number of furan rings is 1. The zero-order valence-electron chi connectivity index (χ0n) is 14.3. The highest BCUT2D eigenvalue weighted by molar-refractivity contribution is 7.92. The molecule has 3 aromatic rings. The van der Waals surface area contributed by atoms with Gasteiger partial charge in [-0.25, -0.2) is 0 Å². The van der Waals surface area contributed by atoms with E-state index in [0.717, 1.165) is 31.2 Å². The summed E-state index contributed by atoms with van der Waals surface area (Å²) >= 11 is 0. The second-order valence-electron chi connectivity index (χ2n) is 6.35. The Hall–Kier alpha value is -2.61. The Labute approximate surface area is 151 Å². The first-order valence-corrected chi connectivity index (χ1v) is 10.1. The van der Waals surface area contributed by atoms with E-state index in [-0.39, 0.29) is 16.7 Å². The molecule has 1 saturated carbocycles. The summed E-state index contributed by atoms with van der Waals surface area (Å²) in [7, 11) is -3.83. The molecule has 4 rings (SSSR count). The average molecular weight is 373 g/mol. The lowest BCUT2D eigenvalue weighted by Gasteiger charge is -2.20. The summed E-state index contributed by atoms with van der Waals surface area (Å²) in [5, 5.41) is 7.79. The van der Waals surface area contributed by atoms with Crippen LogP contribution < -0.4 is 4.72 Å². The predicted molar refractivity (Wildman–Crippen MR) is 95.2 cm³/mol. The minimum atomic E-state index is -3.83. The summed E-state index contributed by atoms with van der Waals surface area (Å²) < 4.78 is 38.6. The molecule has 136 valence electrons. The molecule has 0 saturated heterocycles. The highest BCUT2D eigenvalue weighted by atomic mass is 32.2. The van der Waals surface area contributed by atoms with Gasteiger partial charge in [-0.3, -0.25) is 4.72 Å². The van der Waals surface area contributed by atoms with Gasteiger partial charge in [0.2, 0.25) is 11.0 Å². The van der Waals surface area contributed by atoms with Gasteiger partial charge in [0.1, 0.15) is 0 Å². The van der Waals surface area contributed by atoms with Crippen LogP contribution in [0.3, 0.4) is 0 Å². The molecular weight excluding hydrogens is 354 g/mol. The zero-order chi connectivity index (χ0) is 18.1. The Balaban J connectivity index is 1.52. The fourth-order valence-electron chi connectivity index (χ4n) is 2.75. The van der Waals surface area contributed by atoms with Crippen LogP contribution >= 0.6 is 0 Å². The third-order valence-corrected chi connectivity index (χ3v) is 5.82. The van der Waals surface area contributed by atoms with Gasteiger partial charge in [-0.15, -0.1) is 10.2 Å². The fourth-order valence-corrected chi connectivity index (χ4v) is 3.74. The molecule has 0 atom stereocenters. The first kappa shape index (κ1) is 16.8. The van der Waals surface area contributed by atoms with Crippen molar-refractivity contribution in [1.29, 1.82) is 0 Å². The Morgan fingerprint density at radius 1 is 1.08 bits per heavy atom. The molecule has 2 heterocycles. The predicted octanol–water partition coefficient (Wildman–Crippen LogP) is 3.96. The van der Waals surface area contributed by atoms with Crippen molar-refractivity contribution >= 4 is 15.7 Å². The van der Waals surface area contributed by atoms with Crippen LogP contribution in [-0.4, -0.2) is 18.6 Å². The van der Waals surface area contributed by atoms with E-state index in [4.69, 9.17) is 8.83 Å². The second-order valence-corrected chi connectivity index (χ2v) is 7.96. The number of rotatable bonds is 6. The number of benzene rings is 1. The van der Waals surface area contributed by atoms with E-state index >= 15 is 0 Å². The van der Waals surface area contributed by atoms with Crippen molar-refractivity contribution in [3.8, 4) is 11.7 Å². The standard InChI is InChI=1S/C18H19N3O4S/c1-2-12-6-8-14(9-7-12)21-26(22,23)16-11-10-15(24-16)18-20-19-17(25-18)13-4-3-5-13/h6-11,13,21H,2-5H2,1H3. The second kappa shape index (κ2) is 6.60. The Bertz CT molecular complexity index is 1000. The highest BCUT2D eigenvalue weighted by Crippen LogP contribution is 2.36. The molecule has 1 fully saturated rings.